The maximum atomic E-state index is 5.93. The molecule has 0 amide bonds. The van der Waals surface area contributed by atoms with Crippen molar-refractivity contribution in [2.24, 2.45) is 5.73 Å². The average Bonchev–Trinajstić information content (AvgIpc) is 2.84. The highest BCUT2D eigenvalue weighted by atomic mass is 16.5. The van der Waals surface area contributed by atoms with Gasteiger partial charge in [0.1, 0.15) is 6.61 Å². The average molecular weight is 275 g/mol. The SMILES string of the molecule is CCn1nc(C)cc1COc1c(CN)cccc1OC. The van der Waals surface area contributed by atoms with Crippen LogP contribution in [0.15, 0.2) is 24.3 Å². The topological polar surface area (TPSA) is 62.3 Å². The summed E-state index contributed by atoms with van der Waals surface area (Å²) in [4.78, 5) is 0. The fourth-order valence-electron chi connectivity index (χ4n) is 2.18. The molecule has 1 aromatic carbocycles. The fourth-order valence-corrected chi connectivity index (χ4v) is 2.18. The van der Waals surface area contributed by atoms with Crippen LogP contribution in [0, 0.1) is 6.92 Å². The Labute approximate surface area is 119 Å². The van der Waals surface area contributed by atoms with E-state index in [-0.39, 0.29) is 0 Å². The molecular formula is C15H21N3O2. The van der Waals surface area contributed by atoms with Crippen molar-refractivity contribution in [2.75, 3.05) is 7.11 Å². The quantitative estimate of drug-likeness (QED) is 0.878. The molecule has 108 valence electrons. The van der Waals surface area contributed by atoms with Gasteiger partial charge < -0.3 is 15.2 Å². The lowest BCUT2D eigenvalue weighted by atomic mass is 10.2. The summed E-state index contributed by atoms with van der Waals surface area (Å²) in [6.07, 6.45) is 0. The van der Waals surface area contributed by atoms with Gasteiger partial charge in [-0.05, 0) is 26.0 Å². The third kappa shape index (κ3) is 2.93. The van der Waals surface area contributed by atoms with Gasteiger partial charge in [0.05, 0.1) is 18.5 Å². The summed E-state index contributed by atoms with van der Waals surface area (Å²) in [5.74, 6) is 1.41. The van der Waals surface area contributed by atoms with Crippen molar-refractivity contribution in [2.45, 2.75) is 33.5 Å². The van der Waals surface area contributed by atoms with Gasteiger partial charge in [0.15, 0.2) is 11.5 Å². The molecule has 0 bridgehead atoms. The number of nitrogens with zero attached hydrogens (tertiary/aromatic N) is 2. The van der Waals surface area contributed by atoms with Crippen molar-refractivity contribution in [1.29, 1.82) is 0 Å². The lowest BCUT2D eigenvalue weighted by Gasteiger charge is -2.14. The Kier molecular flexibility index (Phi) is 4.63. The van der Waals surface area contributed by atoms with E-state index in [0.717, 1.165) is 23.5 Å². The number of para-hydroxylation sites is 1. The molecule has 0 aliphatic heterocycles. The normalized spacial score (nSPS) is 10.6. The van der Waals surface area contributed by atoms with Crippen LogP contribution in [0.4, 0.5) is 0 Å². The lowest BCUT2D eigenvalue weighted by Crippen LogP contribution is -2.08. The molecule has 0 aliphatic carbocycles. The van der Waals surface area contributed by atoms with Crippen molar-refractivity contribution in [3.8, 4) is 11.5 Å². The fraction of sp³-hybridized carbons (Fsp3) is 0.400. The van der Waals surface area contributed by atoms with Gasteiger partial charge in [-0.2, -0.15) is 5.10 Å². The number of benzene rings is 1. The van der Waals surface area contributed by atoms with Crippen LogP contribution in [0.1, 0.15) is 23.9 Å². The number of aromatic nitrogens is 2. The van der Waals surface area contributed by atoms with Crippen molar-refractivity contribution in [3.05, 3.63) is 41.2 Å². The van der Waals surface area contributed by atoms with E-state index in [0.29, 0.717) is 24.7 Å². The maximum absolute atomic E-state index is 5.93. The van der Waals surface area contributed by atoms with Crippen LogP contribution in [-0.2, 0) is 19.7 Å². The summed E-state index contributed by atoms with van der Waals surface area (Å²) in [6, 6.07) is 7.76. The van der Waals surface area contributed by atoms with Crippen LogP contribution in [0.25, 0.3) is 0 Å². The van der Waals surface area contributed by atoms with Crippen molar-refractivity contribution in [3.63, 3.8) is 0 Å². The van der Waals surface area contributed by atoms with E-state index < -0.39 is 0 Å². The lowest BCUT2D eigenvalue weighted by molar-refractivity contribution is 0.271. The number of methoxy groups -OCH3 is 1. The zero-order valence-corrected chi connectivity index (χ0v) is 12.2. The smallest absolute Gasteiger partial charge is 0.166 e. The second kappa shape index (κ2) is 6.43. The number of rotatable bonds is 6. The van der Waals surface area contributed by atoms with E-state index in [9.17, 15) is 0 Å². The van der Waals surface area contributed by atoms with E-state index in [4.69, 9.17) is 15.2 Å². The number of nitrogens with two attached hydrogens (primary N) is 1. The van der Waals surface area contributed by atoms with E-state index in [2.05, 4.69) is 12.0 Å². The van der Waals surface area contributed by atoms with E-state index >= 15 is 0 Å². The number of ether oxygens (including phenoxy) is 2. The van der Waals surface area contributed by atoms with Gasteiger partial charge in [-0.1, -0.05) is 12.1 Å². The molecule has 1 heterocycles. The molecule has 2 N–H and O–H groups in total. The second-order valence-electron chi connectivity index (χ2n) is 4.53. The molecule has 1 aromatic heterocycles. The molecule has 0 aliphatic rings. The Hall–Kier alpha value is -2.01. The van der Waals surface area contributed by atoms with Gasteiger partial charge in [-0.25, -0.2) is 0 Å². The van der Waals surface area contributed by atoms with Crippen molar-refractivity contribution >= 4 is 0 Å². The summed E-state index contributed by atoms with van der Waals surface area (Å²) < 4.78 is 13.2. The highest BCUT2D eigenvalue weighted by Gasteiger charge is 2.11. The molecule has 5 nitrogen and oxygen atoms in total. The van der Waals surface area contributed by atoms with Gasteiger partial charge in [0, 0.05) is 18.7 Å². The standard InChI is InChI=1S/C15H21N3O2/c1-4-18-13(8-11(2)17-18)10-20-15-12(9-16)6-5-7-14(15)19-3/h5-8H,4,9-10,16H2,1-3H3. The molecule has 0 atom stereocenters. The van der Waals surface area contributed by atoms with Crippen LogP contribution in [0.3, 0.4) is 0 Å². The van der Waals surface area contributed by atoms with Crippen molar-refractivity contribution < 1.29 is 9.47 Å². The van der Waals surface area contributed by atoms with Crippen LogP contribution < -0.4 is 15.2 Å². The molecular weight excluding hydrogens is 254 g/mol. The summed E-state index contributed by atoms with van der Waals surface area (Å²) in [7, 11) is 1.63. The summed E-state index contributed by atoms with van der Waals surface area (Å²) in [5, 5.41) is 4.41. The first-order chi connectivity index (χ1) is 9.69. The largest absolute Gasteiger partial charge is 0.493 e. The Morgan fingerprint density at radius 1 is 1.35 bits per heavy atom. The molecule has 2 aromatic rings. The molecule has 2 rings (SSSR count). The highest BCUT2D eigenvalue weighted by molar-refractivity contribution is 5.46. The minimum absolute atomic E-state index is 0.415. The predicted molar refractivity (Wildman–Crippen MR) is 77.9 cm³/mol. The molecule has 5 heteroatoms. The Morgan fingerprint density at radius 2 is 2.15 bits per heavy atom. The zero-order chi connectivity index (χ0) is 14.5. The van der Waals surface area contributed by atoms with E-state index in [1.165, 1.54) is 0 Å². The molecule has 0 fully saturated rings. The van der Waals surface area contributed by atoms with Crippen LogP contribution in [0.2, 0.25) is 0 Å². The van der Waals surface area contributed by atoms with Gasteiger partial charge in [0.25, 0.3) is 0 Å². The predicted octanol–water partition coefficient (Wildman–Crippen LogP) is 2.26. The molecule has 0 unspecified atom stereocenters. The first-order valence-electron chi connectivity index (χ1n) is 6.71. The van der Waals surface area contributed by atoms with Crippen LogP contribution >= 0.6 is 0 Å². The summed E-state index contributed by atoms with van der Waals surface area (Å²) >= 11 is 0. The van der Waals surface area contributed by atoms with Gasteiger partial charge >= 0.3 is 0 Å². The van der Waals surface area contributed by atoms with Crippen LogP contribution in [-0.4, -0.2) is 16.9 Å². The Balaban J connectivity index is 2.22. The first kappa shape index (κ1) is 14.4. The van der Waals surface area contributed by atoms with Crippen LogP contribution in [0.5, 0.6) is 11.5 Å². The van der Waals surface area contributed by atoms with E-state index in [1.807, 2.05) is 35.9 Å². The van der Waals surface area contributed by atoms with E-state index in [1.54, 1.807) is 7.11 Å². The zero-order valence-electron chi connectivity index (χ0n) is 12.2. The second-order valence-corrected chi connectivity index (χ2v) is 4.53. The summed E-state index contributed by atoms with van der Waals surface area (Å²) in [5.41, 5.74) is 8.72. The van der Waals surface area contributed by atoms with Gasteiger partial charge in [-0.3, -0.25) is 4.68 Å². The highest BCUT2D eigenvalue weighted by Crippen LogP contribution is 2.31. The van der Waals surface area contributed by atoms with Gasteiger partial charge in [-0.15, -0.1) is 0 Å². The minimum Gasteiger partial charge on any atom is -0.493 e. The number of hydrogen-bond acceptors (Lipinski definition) is 4. The monoisotopic (exact) mass is 275 g/mol. The number of aryl methyl sites for hydroxylation is 2. The number of hydrogen-bond donors (Lipinski definition) is 1. The summed E-state index contributed by atoms with van der Waals surface area (Å²) in [6.45, 7) is 5.72. The molecule has 0 radical (unpaired) electrons. The van der Waals surface area contributed by atoms with Gasteiger partial charge in [0.2, 0.25) is 0 Å². The van der Waals surface area contributed by atoms with Crippen molar-refractivity contribution in [1.82, 2.24) is 9.78 Å². The maximum Gasteiger partial charge on any atom is 0.166 e. The minimum atomic E-state index is 0.415. The third-order valence-electron chi connectivity index (χ3n) is 3.15. The Morgan fingerprint density at radius 3 is 2.80 bits per heavy atom. The Bertz CT molecular complexity index is 556. The molecule has 0 saturated heterocycles. The molecule has 0 saturated carbocycles. The molecule has 20 heavy (non-hydrogen) atoms. The first-order valence-corrected chi connectivity index (χ1v) is 6.71. The third-order valence-corrected chi connectivity index (χ3v) is 3.15. The molecule has 0 spiro atoms.